The normalized spacial score (nSPS) is 13.1. The maximum atomic E-state index is 6.10. The van der Waals surface area contributed by atoms with Crippen molar-refractivity contribution in [2.24, 2.45) is 0 Å². The Bertz CT molecular complexity index is 1680. The van der Waals surface area contributed by atoms with E-state index < -0.39 is 0 Å². The van der Waals surface area contributed by atoms with Crippen molar-refractivity contribution < 1.29 is 14.2 Å². The van der Waals surface area contributed by atoms with Crippen molar-refractivity contribution in [3.05, 3.63) is 78.5 Å². The van der Waals surface area contributed by atoms with Gasteiger partial charge in [0.25, 0.3) is 0 Å². The molecular formula is C31H30N6O3. The number of hydrogen-bond donors (Lipinski definition) is 1. The summed E-state index contributed by atoms with van der Waals surface area (Å²) >= 11 is 0. The lowest BCUT2D eigenvalue weighted by atomic mass is 9.92. The van der Waals surface area contributed by atoms with E-state index in [9.17, 15) is 0 Å². The molecule has 40 heavy (non-hydrogen) atoms. The van der Waals surface area contributed by atoms with Crippen molar-refractivity contribution in [1.82, 2.24) is 24.6 Å². The molecule has 9 heteroatoms. The molecule has 0 spiro atoms. The molecule has 9 nitrogen and oxygen atoms in total. The molecule has 1 aliphatic carbocycles. The Morgan fingerprint density at radius 3 is 2.33 bits per heavy atom. The summed E-state index contributed by atoms with van der Waals surface area (Å²) in [6.07, 6.45) is 8.28. The van der Waals surface area contributed by atoms with Gasteiger partial charge in [0.2, 0.25) is 5.88 Å². The second-order valence-corrected chi connectivity index (χ2v) is 9.43. The van der Waals surface area contributed by atoms with Gasteiger partial charge < -0.3 is 19.5 Å². The summed E-state index contributed by atoms with van der Waals surface area (Å²) < 4.78 is 18.6. The molecule has 0 saturated carbocycles. The zero-order valence-corrected chi connectivity index (χ0v) is 22.7. The second kappa shape index (κ2) is 11.1. The first-order valence-corrected chi connectivity index (χ1v) is 13.2. The van der Waals surface area contributed by atoms with Crippen molar-refractivity contribution in [1.29, 1.82) is 0 Å². The summed E-state index contributed by atoms with van der Waals surface area (Å²) in [6, 6.07) is 20.0. The van der Waals surface area contributed by atoms with E-state index in [0.717, 1.165) is 53.0 Å². The van der Waals surface area contributed by atoms with Crippen LogP contribution < -0.4 is 19.5 Å². The van der Waals surface area contributed by atoms with Crippen LogP contribution in [0, 0.1) is 0 Å². The molecule has 1 N–H and O–H groups in total. The number of benzene rings is 2. The Hall–Kier alpha value is -4.92. The number of ether oxygens (including phenoxy) is 3. The van der Waals surface area contributed by atoms with Gasteiger partial charge in [-0.3, -0.25) is 0 Å². The highest BCUT2D eigenvalue weighted by Gasteiger charge is 2.27. The van der Waals surface area contributed by atoms with E-state index in [1.165, 1.54) is 19.1 Å². The van der Waals surface area contributed by atoms with Crippen molar-refractivity contribution in [2.45, 2.75) is 25.7 Å². The van der Waals surface area contributed by atoms with E-state index in [-0.39, 0.29) is 6.01 Å². The van der Waals surface area contributed by atoms with Gasteiger partial charge in [-0.05, 0) is 55.0 Å². The van der Waals surface area contributed by atoms with Gasteiger partial charge in [-0.2, -0.15) is 14.6 Å². The summed E-state index contributed by atoms with van der Waals surface area (Å²) in [4.78, 5) is 13.8. The first-order valence-electron chi connectivity index (χ1n) is 13.2. The van der Waals surface area contributed by atoms with Crippen LogP contribution >= 0.6 is 0 Å². The highest BCUT2D eigenvalue weighted by molar-refractivity contribution is 5.91. The number of nitrogens with zero attached hydrogens (tertiary/aromatic N) is 5. The van der Waals surface area contributed by atoms with E-state index in [1.54, 1.807) is 26.5 Å². The van der Waals surface area contributed by atoms with E-state index in [2.05, 4.69) is 33.5 Å². The molecule has 0 amide bonds. The number of fused-ring (bicyclic) bond motifs is 1. The maximum Gasteiger partial charge on any atom is 0.318 e. The number of hydrogen-bond acceptors (Lipinski definition) is 8. The SMILES string of the molecule is COc1ccc(-c2c(Nc3ccnc(OC)n3)nc3c(C4=CCCCC4)c(-c4ccccc4)nn3c2OC)cc1. The number of aromatic nitrogens is 5. The minimum absolute atomic E-state index is 0.257. The van der Waals surface area contributed by atoms with Gasteiger partial charge in [0, 0.05) is 11.8 Å². The second-order valence-electron chi connectivity index (χ2n) is 9.43. The Balaban J connectivity index is 1.65. The Morgan fingerprint density at radius 1 is 0.800 bits per heavy atom. The molecule has 0 atom stereocenters. The smallest absolute Gasteiger partial charge is 0.318 e. The predicted octanol–water partition coefficient (Wildman–Crippen LogP) is 6.58. The quantitative estimate of drug-likeness (QED) is 0.239. The lowest BCUT2D eigenvalue weighted by Gasteiger charge is -2.17. The van der Waals surface area contributed by atoms with Crippen LogP contribution in [-0.2, 0) is 0 Å². The first-order chi connectivity index (χ1) is 19.7. The first kappa shape index (κ1) is 25.4. The van der Waals surface area contributed by atoms with Crippen LogP contribution in [0.2, 0.25) is 0 Å². The molecule has 3 aromatic heterocycles. The fourth-order valence-corrected chi connectivity index (χ4v) is 5.11. The van der Waals surface area contributed by atoms with Crippen LogP contribution in [0.1, 0.15) is 31.2 Å². The number of rotatable bonds is 8. The molecule has 0 fully saturated rings. The lowest BCUT2D eigenvalue weighted by molar-refractivity contribution is 0.380. The summed E-state index contributed by atoms with van der Waals surface area (Å²) in [5, 5.41) is 8.52. The largest absolute Gasteiger partial charge is 0.497 e. The Kier molecular flexibility index (Phi) is 7.01. The number of nitrogens with one attached hydrogen (secondary N) is 1. The fraction of sp³-hybridized carbons (Fsp3) is 0.226. The molecule has 0 unspecified atom stereocenters. The van der Waals surface area contributed by atoms with Crippen LogP contribution in [0.5, 0.6) is 17.6 Å². The van der Waals surface area contributed by atoms with Gasteiger partial charge in [0.05, 0.1) is 32.5 Å². The van der Waals surface area contributed by atoms with Gasteiger partial charge in [0.15, 0.2) is 5.65 Å². The minimum atomic E-state index is 0.257. The third kappa shape index (κ3) is 4.70. The van der Waals surface area contributed by atoms with Crippen molar-refractivity contribution >= 4 is 22.9 Å². The number of allylic oxidation sites excluding steroid dienone is 2. The van der Waals surface area contributed by atoms with Gasteiger partial charge >= 0.3 is 6.01 Å². The van der Waals surface area contributed by atoms with Crippen LogP contribution in [0.3, 0.4) is 0 Å². The summed E-state index contributed by atoms with van der Waals surface area (Å²) in [5.74, 6) is 2.43. The average Bonchev–Trinajstić information content (AvgIpc) is 3.40. The van der Waals surface area contributed by atoms with Gasteiger partial charge in [-0.15, -0.1) is 0 Å². The highest BCUT2D eigenvalue weighted by atomic mass is 16.5. The van der Waals surface area contributed by atoms with E-state index in [4.69, 9.17) is 24.3 Å². The number of anilines is 2. The molecule has 3 heterocycles. The molecule has 0 radical (unpaired) electrons. The Morgan fingerprint density at radius 2 is 1.62 bits per heavy atom. The third-order valence-electron chi connectivity index (χ3n) is 7.02. The monoisotopic (exact) mass is 534 g/mol. The van der Waals surface area contributed by atoms with Gasteiger partial charge in [-0.25, -0.2) is 9.97 Å². The van der Waals surface area contributed by atoms with E-state index in [0.29, 0.717) is 23.2 Å². The van der Waals surface area contributed by atoms with Gasteiger partial charge in [-0.1, -0.05) is 48.5 Å². The zero-order valence-electron chi connectivity index (χ0n) is 22.7. The molecule has 6 rings (SSSR count). The molecule has 0 saturated heterocycles. The molecule has 5 aromatic rings. The van der Waals surface area contributed by atoms with Gasteiger partial charge in [0.1, 0.15) is 23.1 Å². The van der Waals surface area contributed by atoms with Crippen molar-refractivity contribution in [2.75, 3.05) is 26.6 Å². The maximum absolute atomic E-state index is 6.10. The lowest BCUT2D eigenvalue weighted by Crippen LogP contribution is -2.07. The van der Waals surface area contributed by atoms with Crippen LogP contribution in [0.25, 0.3) is 33.6 Å². The topological polar surface area (TPSA) is 95.7 Å². The minimum Gasteiger partial charge on any atom is -0.497 e. The van der Waals surface area contributed by atoms with Crippen LogP contribution in [-0.4, -0.2) is 45.9 Å². The summed E-state index contributed by atoms with van der Waals surface area (Å²) in [6.45, 7) is 0. The average molecular weight is 535 g/mol. The van der Waals surface area contributed by atoms with E-state index >= 15 is 0 Å². The van der Waals surface area contributed by atoms with Crippen molar-refractivity contribution in [3.63, 3.8) is 0 Å². The fourth-order valence-electron chi connectivity index (χ4n) is 5.11. The predicted molar refractivity (Wildman–Crippen MR) is 155 cm³/mol. The molecule has 202 valence electrons. The third-order valence-corrected chi connectivity index (χ3v) is 7.02. The summed E-state index contributed by atoms with van der Waals surface area (Å²) in [5.41, 5.74) is 6.51. The van der Waals surface area contributed by atoms with Crippen LogP contribution in [0.4, 0.5) is 11.6 Å². The zero-order chi connectivity index (χ0) is 27.5. The molecule has 1 aliphatic rings. The standard InChI is InChI=1S/C31H30N6O3/c1-38-23-16-14-21(15-17-23)26-28(33-24-18-19-32-31(34-24)40-3)35-29-25(20-10-6-4-7-11-20)27(22-12-8-5-9-13-22)36-37(29)30(26)39-2/h5,8-10,12-19H,4,6-7,11H2,1-3H3,(H,32,33,34,35). The van der Waals surface area contributed by atoms with E-state index in [1.807, 2.05) is 47.0 Å². The van der Waals surface area contributed by atoms with Crippen molar-refractivity contribution in [3.8, 4) is 40.0 Å². The molecular weight excluding hydrogens is 504 g/mol. The molecule has 0 aliphatic heterocycles. The Labute approximate surface area is 232 Å². The van der Waals surface area contributed by atoms with Crippen LogP contribution in [0.15, 0.2) is 72.9 Å². The number of methoxy groups -OCH3 is 3. The molecule has 2 aromatic carbocycles. The highest BCUT2D eigenvalue weighted by Crippen LogP contribution is 2.43. The summed E-state index contributed by atoms with van der Waals surface area (Å²) in [7, 11) is 4.84. The molecule has 0 bridgehead atoms.